The Labute approximate surface area is 186 Å². The van der Waals surface area contributed by atoms with Crippen LogP contribution in [0.5, 0.6) is 17.2 Å². The molecule has 1 aromatic heterocycles. The summed E-state index contributed by atoms with van der Waals surface area (Å²) in [5.41, 5.74) is 5.62. The molecule has 0 saturated heterocycles. The van der Waals surface area contributed by atoms with Gasteiger partial charge in [-0.05, 0) is 36.8 Å². The zero-order valence-electron chi connectivity index (χ0n) is 18.1. The van der Waals surface area contributed by atoms with Crippen molar-refractivity contribution in [3.8, 4) is 28.4 Å². The molecule has 0 spiro atoms. The van der Waals surface area contributed by atoms with Gasteiger partial charge in [0.25, 0.3) is 0 Å². The Morgan fingerprint density at radius 2 is 1.68 bits per heavy atom. The van der Waals surface area contributed by atoms with E-state index in [0.29, 0.717) is 16.7 Å². The predicted octanol–water partition coefficient (Wildman–Crippen LogP) is 5.97. The monoisotopic (exact) mass is 437 g/mol. The number of ether oxygens (including phenoxy) is 3. The summed E-state index contributed by atoms with van der Waals surface area (Å²) in [6.07, 6.45) is 0. The van der Waals surface area contributed by atoms with Gasteiger partial charge in [0.1, 0.15) is 17.2 Å². The van der Waals surface area contributed by atoms with Gasteiger partial charge in [-0.3, -0.25) is 0 Å². The molecule has 0 radical (unpaired) electrons. The molecule has 1 heterocycles. The average molecular weight is 438 g/mol. The highest BCUT2D eigenvalue weighted by Gasteiger charge is 2.18. The molecule has 0 aliphatic rings. The molecule has 0 fully saturated rings. The van der Waals surface area contributed by atoms with Gasteiger partial charge in [0.15, 0.2) is 0 Å². The maximum atomic E-state index is 6.19. The number of nitrogens with one attached hydrogen (secondary N) is 1. The largest absolute Gasteiger partial charge is 0.497 e. The summed E-state index contributed by atoms with van der Waals surface area (Å²) in [4.78, 5) is 4.82. The van der Waals surface area contributed by atoms with Gasteiger partial charge in [-0.15, -0.1) is 0 Å². The van der Waals surface area contributed by atoms with Crippen LogP contribution >= 0.6 is 11.6 Å². The van der Waals surface area contributed by atoms with E-state index < -0.39 is 0 Å². The van der Waals surface area contributed by atoms with E-state index >= 15 is 0 Å². The summed E-state index contributed by atoms with van der Waals surface area (Å²) in [7, 11) is 6.90. The molecule has 4 rings (SSSR count). The Bertz CT molecular complexity index is 1270. The highest BCUT2D eigenvalue weighted by atomic mass is 35.5. The van der Waals surface area contributed by atoms with Crippen LogP contribution in [0.4, 0.5) is 11.6 Å². The second kappa shape index (κ2) is 8.40. The van der Waals surface area contributed by atoms with Crippen molar-refractivity contribution >= 4 is 34.3 Å². The highest BCUT2D eigenvalue weighted by molar-refractivity contribution is 6.31. The number of nitrogens with zero attached hydrogens (tertiary/aromatic N) is 2. The van der Waals surface area contributed by atoms with Gasteiger partial charge >= 0.3 is 0 Å². The van der Waals surface area contributed by atoms with Crippen molar-refractivity contribution in [3.05, 3.63) is 59.1 Å². The number of anilines is 2. The molecule has 0 bridgehead atoms. The number of aromatic nitrogens is 2. The van der Waals surface area contributed by atoms with Crippen LogP contribution in [0.1, 0.15) is 5.56 Å². The molecule has 3 aromatic carbocycles. The van der Waals surface area contributed by atoms with Gasteiger partial charge in [-0.25, -0.2) is 4.98 Å². The number of halogens is 1. The van der Waals surface area contributed by atoms with Gasteiger partial charge < -0.3 is 24.1 Å². The van der Waals surface area contributed by atoms with Crippen molar-refractivity contribution < 1.29 is 14.2 Å². The Morgan fingerprint density at radius 1 is 0.903 bits per heavy atom. The molecule has 4 aromatic rings. The molecule has 0 atom stereocenters. The summed E-state index contributed by atoms with van der Waals surface area (Å²) in [6, 6.07) is 15.5. The van der Waals surface area contributed by atoms with E-state index in [1.165, 1.54) is 0 Å². The Morgan fingerprint density at radius 3 is 2.39 bits per heavy atom. The molecule has 6 nitrogen and oxygen atoms in total. The lowest BCUT2D eigenvalue weighted by Crippen LogP contribution is -2.03. The number of imidazole rings is 1. The first-order valence-electron chi connectivity index (χ1n) is 9.75. The van der Waals surface area contributed by atoms with E-state index in [4.69, 9.17) is 30.8 Å². The summed E-state index contributed by atoms with van der Waals surface area (Å²) in [5.74, 6) is 2.83. The van der Waals surface area contributed by atoms with Crippen molar-refractivity contribution in [1.82, 2.24) is 9.55 Å². The van der Waals surface area contributed by atoms with E-state index in [1.54, 1.807) is 27.4 Å². The van der Waals surface area contributed by atoms with Crippen LogP contribution < -0.4 is 19.5 Å². The van der Waals surface area contributed by atoms with Crippen molar-refractivity contribution in [1.29, 1.82) is 0 Å². The maximum Gasteiger partial charge on any atom is 0.208 e. The second-order valence-corrected chi connectivity index (χ2v) is 7.60. The smallest absolute Gasteiger partial charge is 0.208 e. The quantitative estimate of drug-likeness (QED) is 0.402. The Kier molecular flexibility index (Phi) is 5.65. The zero-order chi connectivity index (χ0) is 22.1. The normalized spacial score (nSPS) is 10.9. The minimum Gasteiger partial charge on any atom is -0.497 e. The lowest BCUT2D eigenvalue weighted by molar-refractivity contribution is 0.395. The van der Waals surface area contributed by atoms with Gasteiger partial charge in [0.05, 0.1) is 38.1 Å². The number of methoxy groups -OCH3 is 3. The Hall–Kier alpha value is -3.38. The lowest BCUT2D eigenvalue weighted by atomic mass is 10.0. The second-order valence-electron chi connectivity index (χ2n) is 7.16. The number of fused-ring (bicyclic) bond motifs is 1. The first-order valence-corrected chi connectivity index (χ1v) is 10.1. The molecule has 1 N–H and O–H groups in total. The number of hydrogen-bond donors (Lipinski definition) is 1. The summed E-state index contributed by atoms with van der Waals surface area (Å²) in [5, 5.41) is 4.04. The Balaban J connectivity index is 1.86. The van der Waals surface area contributed by atoms with E-state index in [1.807, 2.05) is 54.9 Å². The van der Waals surface area contributed by atoms with Gasteiger partial charge in [0, 0.05) is 35.3 Å². The fourth-order valence-electron chi connectivity index (χ4n) is 3.76. The molecule has 0 unspecified atom stereocenters. The summed E-state index contributed by atoms with van der Waals surface area (Å²) >= 11 is 6.19. The third-order valence-corrected chi connectivity index (χ3v) is 5.53. The van der Waals surface area contributed by atoms with Crippen LogP contribution in [0, 0.1) is 6.92 Å². The van der Waals surface area contributed by atoms with E-state index in [9.17, 15) is 0 Å². The highest BCUT2D eigenvalue weighted by Crippen LogP contribution is 2.39. The van der Waals surface area contributed by atoms with Crippen LogP contribution in [0.2, 0.25) is 5.02 Å². The average Bonchev–Trinajstić information content (AvgIpc) is 3.10. The third-order valence-electron chi connectivity index (χ3n) is 5.31. The van der Waals surface area contributed by atoms with Crippen LogP contribution in [-0.4, -0.2) is 30.9 Å². The van der Waals surface area contributed by atoms with Crippen molar-refractivity contribution in [2.75, 3.05) is 26.6 Å². The summed E-state index contributed by atoms with van der Waals surface area (Å²) < 4.78 is 18.5. The third kappa shape index (κ3) is 3.75. The van der Waals surface area contributed by atoms with Crippen LogP contribution in [-0.2, 0) is 7.05 Å². The van der Waals surface area contributed by atoms with Crippen molar-refractivity contribution in [2.24, 2.45) is 7.05 Å². The van der Waals surface area contributed by atoms with Crippen LogP contribution in [0.15, 0.2) is 48.5 Å². The number of benzene rings is 3. The van der Waals surface area contributed by atoms with Crippen molar-refractivity contribution in [3.63, 3.8) is 0 Å². The topological polar surface area (TPSA) is 57.5 Å². The van der Waals surface area contributed by atoms with Gasteiger partial charge in [0.2, 0.25) is 5.95 Å². The first kappa shape index (κ1) is 20.9. The standard InChI is InChI=1S/C24H24ClN3O3/c1-14-11-15(25)12-21(31-5)22(14)27-24-26-19-8-6-7-18(23(19)28(24)2)17-10-9-16(29-3)13-20(17)30-4/h6-13H,1-5H3,(H,26,27). The number of hydrogen-bond acceptors (Lipinski definition) is 5. The molecule has 0 saturated carbocycles. The zero-order valence-corrected chi connectivity index (χ0v) is 18.9. The molecule has 160 valence electrons. The van der Waals surface area contributed by atoms with Crippen LogP contribution in [0.25, 0.3) is 22.2 Å². The minimum absolute atomic E-state index is 0.624. The molecule has 31 heavy (non-hydrogen) atoms. The molecule has 0 amide bonds. The first-order chi connectivity index (χ1) is 15.0. The SMILES string of the molecule is COc1ccc(-c2cccc3nc(Nc4c(C)cc(Cl)cc4OC)n(C)c23)c(OC)c1. The van der Waals surface area contributed by atoms with Gasteiger partial charge in [-0.2, -0.15) is 0 Å². The molecule has 0 aliphatic carbocycles. The number of aryl methyl sites for hydroxylation is 2. The van der Waals surface area contributed by atoms with Crippen LogP contribution in [0.3, 0.4) is 0 Å². The van der Waals surface area contributed by atoms with E-state index in [2.05, 4.69) is 11.4 Å². The molecular formula is C24H24ClN3O3. The minimum atomic E-state index is 0.624. The fraction of sp³-hybridized carbons (Fsp3) is 0.208. The van der Waals surface area contributed by atoms with Gasteiger partial charge in [-0.1, -0.05) is 23.7 Å². The summed E-state index contributed by atoms with van der Waals surface area (Å²) in [6.45, 7) is 1.98. The molecule has 7 heteroatoms. The maximum absolute atomic E-state index is 6.19. The van der Waals surface area contributed by atoms with Crippen molar-refractivity contribution in [2.45, 2.75) is 6.92 Å². The fourth-order valence-corrected chi connectivity index (χ4v) is 4.03. The number of para-hydroxylation sites is 1. The lowest BCUT2D eigenvalue weighted by Gasteiger charge is -2.15. The molecule has 0 aliphatic heterocycles. The van der Waals surface area contributed by atoms with E-state index in [0.717, 1.165) is 44.9 Å². The predicted molar refractivity (Wildman–Crippen MR) is 125 cm³/mol. The van der Waals surface area contributed by atoms with E-state index in [-0.39, 0.29) is 0 Å². The number of rotatable bonds is 6. The molecular weight excluding hydrogens is 414 g/mol.